The van der Waals surface area contributed by atoms with E-state index >= 15 is 0 Å². The lowest BCUT2D eigenvalue weighted by atomic mass is 10.1. The van der Waals surface area contributed by atoms with Crippen LogP contribution in [0.3, 0.4) is 0 Å². The Bertz CT molecular complexity index is 343. The molecule has 0 rings (SSSR count). The van der Waals surface area contributed by atoms with E-state index in [9.17, 15) is 0 Å². The first-order chi connectivity index (χ1) is 8.81. The van der Waals surface area contributed by atoms with Gasteiger partial charge >= 0.3 is 0 Å². The average Bonchev–Trinajstić information content (AvgIpc) is 2.39. The Morgan fingerprint density at radius 1 is 1.11 bits per heavy atom. The second-order valence-electron chi connectivity index (χ2n) is 4.10. The molecule has 1 atom stereocenters. The second-order valence-corrected chi connectivity index (χ2v) is 4.10. The highest BCUT2D eigenvalue weighted by atomic mass is 16.3. The molecule has 1 unspecified atom stereocenters. The summed E-state index contributed by atoms with van der Waals surface area (Å²) < 4.78 is 0. The van der Waals surface area contributed by atoms with Crippen LogP contribution in [0.5, 0.6) is 0 Å². The van der Waals surface area contributed by atoms with Gasteiger partial charge < -0.3 is 5.11 Å². The lowest BCUT2D eigenvalue weighted by Gasteiger charge is -1.93. The van der Waals surface area contributed by atoms with E-state index in [1.54, 1.807) is 0 Å². The highest BCUT2D eigenvalue weighted by Gasteiger charge is 1.88. The van der Waals surface area contributed by atoms with Crippen LogP contribution in [0.1, 0.15) is 51.9 Å². The Morgan fingerprint density at radius 2 is 1.89 bits per heavy atom. The fraction of sp³-hybridized carbons (Fsp3) is 0.529. The van der Waals surface area contributed by atoms with E-state index in [-0.39, 0.29) is 0 Å². The third-order valence-electron chi connectivity index (χ3n) is 2.44. The summed E-state index contributed by atoms with van der Waals surface area (Å²) in [6, 6.07) is 0. The highest BCUT2D eigenvalue weighted by Crippen LogP contribution is 2.03. The topological polar surface area (TPSA) is 20.2 Å². The van der Waals surface area contributed by atoms with Crippen LogP contribution >= 0.6 is 0 Å². The van der Waals surface area contributed by atoms with Crippen molar-refractivity contribution < 1.29 is 5.11 Å². The van der Waals surface area contributed by atoms with Crippen molar-refractivity contribution in [1.29, 1.82) is 0 Å². The van der Waals surface area contributed by atoms with Crippen molar-refractivity contribution in [3.05, 3.63) is 24.8 Å². The molecule has 0 spiro atoms. The van der Waals surface area contributed by atoms with Crippen molar-refractivity contribution in [2.45, 2.75) is 58.0 Å². The normalized spacial score (nSPS) is 11.2. The van der Waals surface area contributed by atoms with E-state index in [1.807, 2.05) is 13.0 Å². The van der Waals surface area contributed by atoms with Crippen LogP contribution in [-0.4, -0.2) is 11.2 Å². The van der Waals surface area contributed by atoms with Crippen molar-refractivity contribution in [2.75, 3.05) is 0 Å². The maximum atomic E-state index is 9.16. The van der Waals surface area contributed by atoms with E-state index in [1.165, 1.54) is 19.3 Å². The van der Waals surface area contributed by atoms with Crippen molar-refractivity contribution >= 4 is 0 Å². The Hall–Kier alpha value is -1.44. The number of rotatable bonds is 8. The van der Waals surface area contributed by atoms with E-state index in [2.05, 4.69) is 42.4 Å². The molecular formula is C17H24O. The molecule has 0 aliphatic carbocycles. The number of unbranched alkanes of at least 4 members (excludes halogenated alkanes) is 4. The Kier molecular flexibility index (Phi) is 12.5. The third kappa shape index (κ3) is 12.6. The van der Waals surface area contributed by atoms with Gasteiger partial charge in [-0.3, -0.25) is 0 Å². The summed E-state index contributed by atoms with van der Waals surface area (Å²) >= 11 is 0. The largest absolute Gasteiger partial charge is 0.380 e. The second kappa shape index (κ2) is 13.6. The fourth-order valence-corrected chi connectivity index (χ4v) is 1.30. The Balaban J connectivity index is 3.50. The van der Waals surface area contributed by atoms with E-state index in [0.717, 1.165) is 19.3 Å². The summed E-state index contributed by atoms with van der Waals surface area (Å²) in [4.78, 5) is 0. The van der Waals surface area contributed by atoms with Crippen molar-refractivity contribution in [2.24, 2.45) is 0 Å². The van der Waals surface area contributed by atoms with Gasteiger partial charge in [-0.2, -0.15) is 0 Å². The lowest BCUT2D eigenvalue weighted by Crippen LogP contribution is -1.98. The molecule has 18 heavy (non-hydrogen) atoms. The van der Waals surface area contributed by atoms with Gasteiger partial charge in [0.05, 0.1) is 0 Å². The van der Waals surface area contributed by atoms with E-state index < -0.39 is 6.10 Å². The quantitative estimate of drug-likeness (QED) is 0.391. The smallest absolute Gasteiger partial charge is 0.115 e. The van der Waals surface area contributed by atoms with Crippen molar-refractivity contribution in [3.63, 3.8) is 0 Å². The van der Waals surface area contributed by atoms with Crippen LogP contribution < -0.4 is 0 Å². The van der Waals surface area contributed by atoms with Crippen molar-refractivity contribution in [1.82, 2.24) is 0 Å². The summed E-state index contributed by atoms with van der Waals surface area (Å²) in [5, 5.41) is 9.16. The summed E-state index contributed by atoms with van der Waals surface area (Å²) in [7, 11) is 0. The van der Waals surface area contributed by atoms with Crippen LogP contribution in [0.15, 0.2) is 24.8 Å². The van der Waals surface area contributed by atoms with Crippen molar-refractivity contribution in [3.8, 4) is 23.7 Å². The van der Waals surface area contributed by atoms with Gasteiger partial charge in [0.25, 0.3) is 0 Å². The fourth-order valence-electron chi connectivity index (χ4n) is 1.30. The zero-order valence-electron chi connectivity index (χ0n) is 11.4. The molecule has 0 saturated carbocycles. The van der Waals surface area contributed by atoms with Gasteiger partial charge in [-0.05, 0) is 43.9 Å². The van der Waals surface area contributed by atoms with E-state index in [4.69, 9.17) is 5.11 Å². The maximum Gasteiger partial charge on any atom is 0.115 e. The summed E-state index contributed by atoms with van der Waals surface area (Å²) in [5.41, 5.74) is 0. The highest BCUT2D eigenvalue weighted by molar-refractivity contribution is 5.27. The number of allylic oxidation sites excluding steroid dienone is 3. The van der Waals surface area contributed by atoms with Gasteiger partial charge in [-0.15, -0.1) is 6.58 Å². The molecule has 1 heteroatoms. The molecule has 0 aliphatic heterocycles. The van der Waals surface area contributed by atoms with Crippen LogP contribution in [0.25, 0.3) is 0 Å². The molecule has 0 fully saturated rings. The maximum absolute atomic E-state index is 9.16. The first-order valence-corrected chi connectivity index (χ1v) is 6.73. The number of hydrogen-bond donors (Lipinski definition) is 1. The molecule has 98 valence electrons. The predicted molar refractivity (Wildman–Crippen MR) is 78.9 cm³/mol. The first-order valence-electron chi connectivity index (χ1n) is 6.73. The minimum Gasteiger partial charge on any atom is -0.380 e. The van der Waals surface area contributed by atoms with Gasteiger partial charge in [-0.25, -0.2) is 0 Å². The molecule has 0 aromatic heterocycles. The molecule has 1 N–H and O–H groups in total. The molecule has 0 bridgehead atoms. The summed E-state index contributed by atoms with van der Waals surface area (Å²) in [6.07, 6.45) is 13.1. The number of aliphatic hydroxyl groups excluding tert-OH is 1. The van der Waals surface area contributed by atoms with Crippen LogP contribution in [0.2, 0.25) is 0 Å². The SMILES string of the molecule is C=CCCCCCC=CCC#CC#CC(O)CC. The molecule has 1 nitrogen and oxygen atoms in total. The first kappa shape index (κ1) is 16.6. The van der Waals surface area contributed by atoms with E-state index in [0.29, 0.717) is 6.42 Å². The van der Waals surface area contributed by atoms with Gasteiger partial charge in [0.15, 0.2) is 0 Å². The molecular weight excluding hydrogens is 220 g/mol. The minimum atomic E-state index is -0.537. The van der Waals surface area contributed by atoms with Gasteiger partial charge in [0.2, 0.25) is 0 Å². The average molecular weight is 244 g/mol. The zero-order valence-corrected chi connectivity index (χ0v) is 11.4. The number of aliphatic hydroxyl groups is 1. The molecule has 0 saturated heterocycles. The van der Waals surface area contributed by atoms with Gasteiger partial charge in [-0.1, -0.05) is 43.4 Å². The zero-order chi connectivity index (χ0) is 13.5. The molecule has 0 aliphatic rings. The number of hydrogen-bond acceptors (Lipinski definition) is 1. The molecule has 0 heterocycles. The Morgan fingerprint density at radius 3 is 2.61 bits per heavy atom. The predicted octanol–water partition coefficient (Wildman–Crippen LogP) is 3.85. The molecule has 0 amide bonds. The third-order valence-corrected chi connectivity index (χ3v) is 2.44. The molecule has 0 aromatic carbocycles. The summed E-state index contributed by atoms with van der Waals surface area (Å²) in [5.74, 6) is 11.0. The lowest BCUT2D eigenvalue weighted by molar-refractivity contribution is 0.228. The standard InChI is InChI=1S/C17H24O/c1-3-5-6-7-8-9-10-11-12-13-14-15-16-17(18)4-2/h3,10-11,17-18H,1,4-9,12H2,2H3. The monoisotopic (exact) mass is 244 g/mol. The minimum absolute atomic E-state index is 0.537. The molecule has 0 aromatic rings. The van der Waals surface area contributed by atoms with Gasteiger partial charge in [0, 0.05) is 6.42 Å². The van der Waals surface area contributed by atoms with Crippen LogP contribution in [0.4, 0.5) is 0 Å². The molecule has 0 radical (unpaired) electrons. The summed E-state index contributed by atoms with van der Waals surface area (Å²) in [6.45, 7) is 5.60. The van der Waals surface area contributed by atoms with Crippen LogP contribution in [0, 0.1) is 23.7 Å². The van der Waals surface area contributed by atoms with Gasteiger partial charge in [0.1, 0.15) is 6.10 Å². The Labute approximate surface area is 112 Å². The van der Waals surface area contributed by atoms with Crippen LogP contribution in [-0.2, 0) is 0 Å².